The zero-order valence-electron chi connectivity index (χ0n) is 19.6. The molecule has 3 aromatic carbocycles. The van der Waals surface area contributed by atoms with Crippen molar-refractivity contribution in [3.8, 4) is 0 Å². The molecule has 7 nitrogen and oxygen atoms in total. The van der Waals surface area contributed by atoms with Crippen molar-refractivity contribution in [2.75, 3.05) is 29.1 Å². The highest BCUT2D eigenvalue weighted by Gasteiger charge is 2.28. The van der Waals surface area contributed by atoms with E-state index in [4.69, 9.17) is 0 Å². The molecule has 0 fully saturated rings. The largest absolute Gasteiger partial charge is 0.359 e. The quantitative estimate of drug-likeness (QED) is 0.499. The molecule has 4 rings (SSSR count). The highest BCUT2D eigenvalue weighted by molar-refractivity contribution is 6.05. The monoisotopic (exact) mass is 474 g/mol. The van der Waals surface area contributed by atoms with Crippen molar-refractivity contribution in [2.45, 2.75) is 25.8 Å². The van der Waals surface area contributed by atoms with Gasteiger partial charge in [-0.15, -0.1) is 0 Å². The fraction of sp³-hybridized carbons (Fsp3) is 0.222. The van der Waals surface area contributed by atoms with E-state index in [2.05, 4.69) is 16.0 Å². The van der Waals surface area contributed by atoms with Gasteiger partial charge in [-0.1, -0.05) is 12.1 Å². The summed E-state index contributed by atoms with van der Waals surface area (Å²) in [5.74, 6) is -1.15. The number of rotatable bonds is 6. The molecule has 0 spiro atoms. The average molecular weight is 475 g/mol. The average Bonchev–Trinajstić information content (AvgIpc) is 2.88. The molecule has 0 saturated heterocycles. The molecule has 0 bridgehead atoms. The maximum absolute atomic E-state index is 13.2. The van der Waals surface area contributed by atoms with E-state index in [1.807, 2.05) is 30.0 Å². The smallest absolute Gasteiger partial charge is 0.255 e. The molecule has 3 aromatic rings. The molecule has 0 radical (unpaired) electrons. The summed E-state index contributed by atoms with van der Waals surface area (Å²) in [4.78, 5) is 39.7. The van der Waals surface area contributed by atoms with Crippen LogP contribution in [0, 0.1) is 5.82 Å². The molecule has 0 aliphatic carbocycles. The van der Waals surface area contributed by atoms with Crippen LogP contribution in [0.1, 0.15) is 39.6 Å². The van der Waals surface area contributed by atoms with Crippen LogP contribution in [-0.2, 0) is 11.2 Å². The third-order valence-electron chi connectivity index (χ3n) is 6.11. The summed E-state index contributed by atoms with van der Waals surface area (Å²) in [6.07, 6.45) is 1.58. The second kappa shape index (κ2) is 10.4. The van der Waals surface area contributed by atoms with Crippen molar-refractivity contribution in [2.24, 2.45) is 0 Å². The lowest BCUT2D eigenvalue weighted by molar-refractivity contribution is -0.117. The lowest BCUT2D eigenvalue weighted by Gasteiger charge is -2.36. The number of carbonyl (C=O) groups excluding carboxylic acids is 3. The summed E-state index contributed by atoms with van der Waals surface area (Å²) < 4.78 is 13.2. The van der Waals surface area contributed by atoms with Crippen molar-refractivity contribution < 1.29 is 18.8 Å². The molecule has 35 heavy (non-hydrogen) atoms. The van der Waals surface area contributed by atoms with Crippen LogP contribution in [0.5, 0.6) is 0 Å². The predicted octanol–water partition coefficient (Wildman–Crippen LogP) is 4.22. The van der Waals surface area contributed by atoms with E-state index in [9.17, 15) is 18.8 Å². The normalized spacial score (nSPS) is 13.4. The van der Waals surface area contributed by atoms with Crippen LogP contribution in [0.2, 0.25) is 0 Å². The molecule has 0 aromatic heterocycles. The number of amides is 3. The molecule has 3 amide bonds. The Morgan fingerprint density at radius 3 is 2.40 bits per heavy atom. The highest BCUT2D eigenvalue weighted by Crippen LogP contribution is 2.34. The number of hydrogen-bond donors (Lipinski definition) is 3. The van der Waals surface area contributed by atoms with E-state index in [-0.39, 0.29) is 17.7 Å². The first-order valence-electron chi connectivity index (χ1n) is 11.5. The SMILES string of the molecule is CNC(=O)c1cccc(NC(=O)C(C)N2CCCc3c(NC(=O)c4ccc(F)cc4)cccc32)c1. The zero-order valence-corrected chi connectivity index (χ0v) is 19.6. The number of hydrogen-bond acceptors (Lipinski definition) is 4. The van der Waals surface area contributed by atoms with E-state index in [0.29, 0.717) is 29.0 Å². The predicted molar refractivity (Wildman–Crippen MR) is 134 cm³/mol. The molecular weight excluding hydrogens is 447 g/mol. The van der Waals surface area contributed by atoms with Crippen molar-refractivity contribution >= 4 is 34.8 Å². The number of benzene rings is 3. The van der Waals surface area contributed by atoms with Crippen molar-refractivity contribution in [1.82, 2.24) is 5.32 Å². The third-order valence-corrected chi connectivity index (χ3v) is 6.11. The molecule has 1 heterocycles. The maximum atomic E-state index is 13.2. The summed E-state index contributed by atoms with van der Waals surface area (Å²) in [5.41, 5.74) is 3.88. The van der Waals surface area contributed by atoms with Gasteiger partial charge in [-0.3, -0.25) is 14.4 Å². The Kier molecular flexibility index (Phi) is 7.10. The summed E-state index contributed by atoms with van der Waals surface area (Å²) >= 11 is 0. The van der Waals surface area contributed by atoms with Gasteiger partial charge in [-0.25, -0.2) is 4.39 Å². The summed E-state index contributed by atoms with van der Waals surface area (Å²) in [6.45, 7) is 2.52. The van der Waals surface area contributed by atoms with Crippen LogP contribution in [0.3, 0.4) is 0 Å². The van der Waals surface area contributed by atoms with Gasteiger partial charge in [-0.05, 0) is 79.9 Å². The van der Waals surface area contributed by atoms with Crippen LogP contribution in [0.4, 0.5) is 21.5 Å². The minimum Gasteiger partial charge on any atom is -0.359 e. The number of nitrogens with zero attached hydrogens (tertiary/aromatic N) is 1. The van der Waals surface area contributed by atoms with Gasteiger partial charge in [0.25, 0.3) is 11.8 Å². The Morgan fingerprint density at radius 1 is 0.914 bits per heavy atom. The van der Waals surface area contributed by atoms with Gasteiger partial charge in [0, 0.05) is 41.8 Å². The second-order valence-corrected chi connectivity index (χ2v) is 8.39. The Morgan fingerprint density at radius 2 is 1.66 bits per heavy atom. The summed E-state index contributed by atoms with van der Waals surface area (Å²) in [5, 5.41) is 8.40. The van der Waals surface area contributed by atoms with Crippen molar-refractivity contribution in [1.29, 1.82) is 0 Å². The minimum atomic E-state index is -0.485. The molecule has 8 heteroatoms. The maximum Gasteiger partial charge on any atom is 0.255 e. The van der Waals surface area contributed by atoms with Gasteiger partial charge in [0.1, 0.15) is 11.9 Å². The van der Waals surface area contributed by atoms with Gasteiger partial charge in [-0.2, -0.15) is 0 Å². The fourth-order valence-corrected chi connectivity index (χ4v) is 4.24. The highest BCUT2D eigenvalue weighted by atomic mass is 19.1. The van der Waals surface area contributed by atoms with E-state index >= 15 is 0 Å². The topological polar surface area (TPSA) is 90.5 Å². The number of fused-ring (bicyclic) bond motifs is 1. The molecular formula is C27H27FN4O3. The lowest BCUT2D eigenvalue weighted by Crippen LogP contribution is -2.44. The molecule has 3 N–H and O–H groups in total. The second-order valence-electron chi connectivity index (χ2n) is 8.39. The van der Waals surface area contributed by atoms with E-state index in [1.54, 1.807) is 31.3 Å². The number of halogens is 1. The zero-order chi connectivity index (χ0) is 24.9. The Labute approximate surface area is 203 Å². The van der Waals surface area contributed by atoms with Crippen LogP contribution in [0.25, 0.3) is 0 Å². The summed E-state index contributed by atoms with van der Waals surface area (Å²) in [7, 11) is 1.56. The number of anilines is 3. The standard InChI is InChI=1S/C27H27FN4O3/c1-17(25(33)30-21-7-3-6-19(16-21)26(34)29-2)32-15-5-8-22-23(9-4-10-24(22)32)31-27(35)18-11-13-20(28)14-12-18/h3-4,6-7,9-14,16-17H,5,8,15H2,1-2H3,(H,29,34)(H,30,33)(H,31,35). The first-order chi connectivity index (χ1) is 16.9. The van der Waals surface area contributed by atoms with Crippen LogP contribution in [-0.4, -0.2) is 37.4 Å². The number of carbonyl (C=O) groups is 3. The van der Waals surface area contributed by atoms with Crippen molar-refractivity contribution in [3.05, 3.63) is 89.2 Å². The lowest BCUT2D eigenvalue weighted by atomic mass is 9.97. The van der Waals surface area contributed by atoms with E-state index < -0.39 is 11.9 Å². The van der Waals surface area contributed by atoms with Crippen LogP contribution in [0.15, 0.2) is 66.7 Å². The minimum absolute atomic E-state index is 0.201. The van der Waals surface area contributed by atoms with E-state index in [0.717, 1.165) is 24.1 Å². The van der Waals surface area contributed by atoms with Crippen LogP contribution < -0.4 is 20.9 Å². The van der Waals surface area contributed by atoms with Gasteiger partial charge in [0.2, 0.25) is 5.91 Å². The molecule has 1 unspecified atom stereocenters. The molecule has 1 aliphatic rings. The Balaban J connectivity index is 1.52. The van der Waals surface area contributed by atoms with Gasteiger partial charge >= 0.3 is 0 Å². The first-order valence-corrected chi connectivity index (χ1v) is 11.5. The molecule has 0 saturated carbocycles. The van der Waals surface area contributed by atoms with E-state index in [1.165, 1.54) is 24.3 Å². The Bertz CT molecular complexity index is 1260. The molecule has 1 aliphatic heterocycles. The first kappa shape index (κ1) is 23.9. The fourth-order valence-electron chi connectivity index (χ4n) is 4.24. The summed E-state index contributed by atoms with van der Waals surface area (Å²) in [6, 6.07) is 17.3. The van der Waals surface area contributed by atoms with Gasteiger partial charge in [0.15, 0.2) is 0 Å². The van der Waals surface area contributed by atoms with Gasteiger partial charge in [0.05, 0.1) is 0 Å². The number of nitrogens with one attached hydrogen (secondary N) is 3. The third kappa shape index (κ3) is 5.32. The molecule has 180 valence electrons. The van der Waals surface area contributed by atoms with Crippen molar-refractivity contribution in [3.63, 3.8) is 0 Å². The Hall–Kier alpha value is -4.20. The van der Waals surface area contributed by atoms with Gasteiger partial charge < -0.3 is 20.9 Å². The molecule has 1 atom stereocenters. The van der Waals surface area contributed by atoms with Crippen LogP contribution >= 0.6 is 0 Å².